The number of aromatic nitrogens is 3. The summed E-state index contributed by atoms with van der Waals surface area (Å²) in [6.45, 7) is 76.0. The van der Waals surface area contributed by atoms with E-state index in [9.17, 15) is 44.9 Å². The van der Waals surface area contributed by atoms with Crippen LogP contribution in [0.4, 0.5) is 0 Å². The second-order valence-corrected chi connectivity index (χ2v) is 59.0. The number of carbonyl (C=O) groups is 4. The van der Waals surface area contributed by atoms with Crippen LogP contribution in [0.25, 0.3) is 0 Å². The molecule has 7 N–H and O–H groups in total. The predicted octanol–water partition coefficient (Wildman–Crippen LogP) is 27.9. The number of ketones is 3. The van der Waals surface area contributed by atoms with Gasteiger partial charge in [-0.1, -0.05) is 210 Å². The lowest BCUT2D eigenvalue weighted by atomic mass is 9.32. The van der Waals surface area contributed by atoms with Crippen molar-refractivity contribution in [3.05, 3.63) is 95.7 Å². The Kier molecular flexibility index (Phi) is 25.1. The minimum absolute atomic E-state index is 0.00365. The summed E-state index contributed by atoms with van der Waals surface area (Å²) in [6.07, 6.45) is 50.5. The van der Waals surface area contributed by atoms with Crippen LogP contribution < -0.4 is 5.48 Å². The molecule has 2 heterocycles. The minimum Gasteiger partial charge on any atom is -0.411 e. The largest absolute Gasteiger partial charge is 0.411 e. The fraction of sp³-hybridized carbons (Fsp3) is 0.832. The Morgan fingerprint density at radius 3 is 1.11 bits per heavy atom. The van der Waals surface area contributed by atoms with Crippen molar-refractivity contribution in [1.29, 1.82) is 0 Å². The number of Topliss-reactive ketones (excluding diaryl/α,β-unsaturated/α-hetero) is 3. The van der Waals surface area contributed by atoms with Gasteiger partial charge in [0.2, 0.25) is 5.91 Å². The molecule has 0 saturated heterocycles. The summed E-state index contributed by atoms with van der Waals surface area (Å²) >= 11 is 0. The zero-order valence-electron chi connectivity index (χ0n) is 92.1. The SMILES string of the molecule is C=C(C)[C@@H]1CC[C@]2(C(=O)CO)CC[C@]3(C)[C@H](CC[C@@H]4[C@@]5(C)CC=CC(C)(C)[C@@H]5CC[C@]43C)[C@@H]12.C=C(C)[C@@H]1CC[C@]2(C(=O)CO)CC[C@]3(C)[C@H](CC[C@@H]4[C@@]5(C)Cc6cn[nH]c6C(C)(C)[C@@H]5CC[C@]43C)[C@@H]12.C=C(C)[C@@H]1CC[C@]2(C(=O)CO)CC[C@]3(C)[C@H](CC[C@@H]4[C@@]5(C)Cc6cnoc6C(C)(C)[C@@H]5CC[C@]43C)[C@@H]12.C=C(C)[C@@H]1CC[C@]2(C(=O)NO)CC[C@]3(C)[C@H](CC[C@@H]4[C@@]5(C)CC/C(=N\O)C(C)(C)[C@@H]5CC[C@]43C)[C@@H]12. The fourth-order valence-corrected chi connectivity index (χ4v) is 47.2. The molecule has 0 bridgehead atoms. The third kappa shape index (κ3) is 13.4. The Bertz CT molecular complexity index is 5160. The molecule has 2 aromatic heterocycles. The van der Waals surface area contributed by atoms with Crippen molar-refractivity contribution in [3.63, 3.8) is 0 Å². The van der Waals surface area contributed by atoms with E-state index in [1.807, 2.05) is 6.20 Å². The number of carbonyl (C=O) groups excluding carboxylic acids is 4. The smallest absolute Gasteiger partial charge is 0.249 e. The quantitative estimate of drug-likeness (QED) is 0.0480. The van der Waals surface area contributed by atoms with Gasteiger partial charge in [-0.25, -0.2) is 5.48 Å². The zero-order valence-corrected chi connectivity index (χ0v) is 92.1. The second-order valence-electron chi connectivity index (χ2n) is 59.0. The molecule has 1 amide bonds. The molecule has 776 valence electrons. The Hall–Kier alpha value is -5.09. The van der Waals surface area contributed by atoms with Gasteiger partial charge < -0.3 is 25.0 Å². The van der Waals surface area contributed by atoms with Crippen LogP contribution in [-0.2, 0) is 42.8 Å². The van der Waals surface area contributed by atoms with E-state index in [1.165, 1.54) is 142 Å². The molecule has 0 aromatic carbocycles. The van der Waals surface area contributed by atoms with E-state index in [4.69, 9.17) is 4.52 Å². The van der Waals surface area contributed by atoms with Crippen LogP contribution in [0, 0.1) is 216 Å². The maximum Gasteiger partial charge on any atom is 0.249 e. The monoisotopic (exact) mass is 1920 g/mol. The number of amides is 1. The van der Waals surface area contributed by atoms with Crippen LogP contribution in [0.5, 0.6) is 0 Å². The molecule has 2 aromatic rings. The van der Waals surface area contributed by atoms with Gasteiger partial charge in [0.15, 0.2) is 17.3 Å². The second kappa shape index (κ2) is 34.0. The summed E-state index contributed by atoms with van der Waals surface area (Å²) in [7, 11) is 0. The highest BCUT2D eigenvalue weighted by atomic mass is 16.5. The summed E-state index contributed by atoms with van der Waals surface area (Å²) in [5, 5.41) is 65.5. The standard InChI is InChI=1S/C32H48N2O2.C32H47NO3.C31H48O2.C30H48N2O3/c1-19(2)21-10-13-32(25(36)18-35)15-14-30(6)22(26(21)32)8-9-24-29(5)16-20-17-33-34-27(20)28(3,4)23(29)11-12-31(24,30)7;1-19(2)21-10-13-32(25(35)18-34)15-14-30(6)22(26(21)32)8-9-24-29(5)16-20-17-33-36-27(20)28(3,4)23(29)11-12-31(24,30)7;1-20(2)21-11-16-31(25(33)19-32)18-17-29(6)22(26(21)31)9-10-24-28(5)14-8-13-27(3,4)23(28)12-15-30(24,29)7;1-18(2)19-10-15-30(25(33)32-35)17-16-28(6)20(24(19)30)8-9-22-27(5)13-12-23(31-34)26(3,4)21(27)11-14-29(22,28)7/h17,21-24,26,35H,1,8-16,18H2,2-7H3,(H,33,34);17,21-24,26,34H,1,8-16,18H2,2-7H3;8,13,21-24,26,32H,1,9-12,14-19H2,2-7H3;19-22,24,34-35H,1,8-17H2,2-7H3,(H,32,33)/b;;;31-23+/t2*21-,22+,23-,24+,26+,29-,30+,31+,32+;21-,22+,23-,24+,26+,28-,29+,30+,31+;19-,20+,21-,22+,24+,27-,28+,29+,30-/m0000/s1. The first-order valence-corrected chi connectivity index (χ1v) is 57.3. The maximum absolute atomic E-state index is 13.4. The van der Waals surface area contributed by atoms with Gasteiger partial charge in [0, 0.05) is 43.7 Å². The predicted molar refractivity (Wildman–Crippen MR) is 558 cm³/mol. The number of hydrogen-bond donors (Lipinski definition) is 7. The number of oxime groups is 1. The molecule has 140 heavy (non-hydrogen) atoms. The van der Waals surface area contributed by atoms with Crippen LogP contribution in [0.15, 0.2) is 82.8 Å². The van der Waals surface area contributed by atoms with Gasteiger partial charge in [-0.05, 0) is 460 Å². The number of aliphatic hydroxyl groups excluding tert-OH is 3. The summed E-state index contributed by atoms with van der Waals surface area (Å²) in [5.74, 6) is 11.6. The van der Waals surface area contributed by atoms with Gasteiger partial charge in [-0.3, -0.25) is 29.5 Å². The number of hydroxylamine groups is 1. The van der Waals surface area contributed by atoms with E-state index in [1.54, 1.807) is 0 Å². The Morgan fingerprint density at radius 2 is 0.729 bits per heavy atom. The van der Waals surface area contributed by atoms with Gasteiger partial charge in [-0.15, -0.1) is 0 Å². The van der Waals surface area contributed by atoms with Gasteiger partial charge in [0.25, 0.3) is 0 Å². The highest BCUT2D eigenvalue weighted by molar-refractivity contribution is 5.91. The number of allylic oxidation sites excluding steroid dienone is 6. The summed E-state index contributed by atoms with van der Waals surface area (Å²) in [5.41, 5.74) is 14.1. The third-order valence-corrected chi connectivity index (χ3v) is 54.1. The van der Waals surface area contributed by atoms with Crippen molar-refractivity contribution in [2.75, 3.05) is 19.8 Å². The van der Waals surface area contributed by atoms with Crippen molar-refractivity contribution in [1.82, 2.24) is 20.8 Å². The van der Waals surface area contributed by atoms with Gasteiger partial charge in [-0.2, -0.15) is 5.10 Å². The molecule has 0 radical (unpaired) electrons. The average Bonchev–Trinajstić information content (AvgIpc) is 1.19. The van der Waals surface area contributed by atoms with Crippen molar-refractivity contribution in [2.45, 2.75) is 415 Å². The number of fused-ring (bicyclic) bond motifs is 30. The van der Waals surface area contributed by atoms with E-state index < -0.39 is 5.41 Å². The lowest BCUT2D eigenvalue weighted by Crippen LogP contribution is -2.67. The average molecular weight is 1920 g/mol. The number of nitrogens with zero attached hydrogens (tertiary/aromatic N) is 3. The fourth-order valence-electron chi connectivity index (χ4n) is 47.2. The molecule has 15 heteroatoms. The molecule has 17 fully saturated rings. The Balaban J connectivity index is 0.000000119. The first kappa shape index (κ1) is 103. The topological polar surface area (TPSA) is 249 Å². The lowest BCUT2D eigenvalue weighted by molar-refractivity contribution is -0.228. The van der Waals surface area contributed by atoms with Crippen LogP contribution in [0.3, 0.4) is 0 Å². The number of aliphatic hydroxyl groups is 3. The van der Waals surface area contributed by atoms with Crippen LogP contribution in [0.2, 0.25) is 0 Å². The number of H-pyrrole nitrogens is 1. The molecule has 22 rings (SSSR count). The van der Waals surface area contributed by atoms with Crippen molar-refractivity contribution >= 4 is 29.0 Å². The highest BCUT2D eigenvalue weighted by Crippen LogP contribution is 2.84. The lowest BCUT2D eigenvalue weighted by Gasteiger charge is -2.72. The first-order chi connectivity index (χ1) is 65.4. The number of hydrogen-bond acceptors (Lipinski definition) is 13. The minimum atomic E-state index is -0.452. The molecular formula is C125H191N5O10. The number of rotatable bonds is 11. The van der Waals surface area contributed by atoms with Crippen molar-refractivity contribution in [2.24, 2.45) is 221 Å². The third-order valence-electron chi connectivity index (χ3n) is 54.1. The van der Waals surface area contributed by atoms with Gasteiger partial charge >= 0.3 is 0 Å². The summed E-state index contributed by atoms with van der Waals surface area (Å²) in [4.78, 5) is 53.3. The molecule has 0 aliphatic heterocycles. The molecular weight excluding hydrogens is 1730 g/mol. The molecule has 36 atom stereocenters. The normalized spacial score (nSPS) is 50.2. The summed E-state index contributed by atoms with van der Waals surface area (Å²) in [6, 6.07) is 0. The number of nitrogens with one attached hydrogen (secondary N) is 2. The molecule has 0 spiro atoms. The highest BCUT2D eigenvalue weighted by Gasteiger charge is 2.79. The van der Waals surface area contributed by atoms with E-state index in [0.717, 1.165) is 158 Å². The Labute approximate surface area is 845 Å². The van der Waals surface area contributed by atoms with Gasteiger partial charge in [0.05, 0.1) is 23.5 Å². The Morgan fingerprint density at radius 1 is 0.386 bits per heavy atom. The number of aromatic amines is 1. The molecule has 17 saturated carbocycles. The molecule has 0 unspecified atom stereocenters. The van der Waals surface area contributed by atoms with Crippen LogP contribution in [-0.4, -0.2) is 89.9 Å². The maximum atomic E-state index is 13.4. The van der Waals surface area contributed by atoms with Gasteiger partial charge in [0.1, 0.15) is 25.6 Å². The summed E-state index contributed by atoms with van der Waals surface area (Å²) < 4.78 is 5.85. The van der Waals surface area contributed by atoms with Crippen LogP contribution in [0.1, 0.15) is 413 Å². The van der Waals surface area contributed by atoms with E-state index >= 15 is 0 Å². The van der Waals surface area contributed by atoms with E-state index in [-0.39, 0.29) is 141 Å². The first-order valence-electron chi connectivity index (χ1n) is 57.3. The van der Waals surface area contributed by atoms with Crippen molar-refractivity contribution < 1.29 is 49.4 Å². The van der Waals surface area contributed by atoms with E-state index in [2.05, 4.69) is 237 Å². The molecule has 20 aliphatic rings. The molecule has 15 nitrogen and oxygen atoms in total. The zero-order chi connectivity index (χ0) is 101. The molecule has 20 aliphatic carbocycles. The van der Waals surface area contributed by atoms with Crippen LogP contribution >= 0.6 is 0 Å². The van der Waals surface area contributed by atoms with E-state index in [0.29, 0.717) is 111 Å². The van der Waals surface area contributed by atoms with Crippen molar-refractivity contribution in [3.8, 4) is 0 Å².